The van der Waals surface area contributed by atoms with Crippen molar-refractivity contribution in [2.75, 3.05) is 6.54 Å². The van der Waals surface area contributed by atoms with Gasteiger partial charge in [-0.25, -0.2) is 0 Å². The number of aliphatic imine (C=N–C) groups is 1. The van der Waals surface area contributed by atoms with Gasteiger partial charge in [0, 0.05) is 12.3 Å². The predicted molar refractivity (Wildman–Crippen MR) is 48.1 cm³/mol. The monoisotopic (exact) mass is 161 g/mol. The van der Waals surface area contributed by atoms with Crippen molar-refractivity contribution in [3.8, 4) is 0 Å². The zero-order valence-corrected chi connectivity index (χ0v) is 7.94. The molecule has 10 heavy (non-hydrogen) atoms. The van der Waals surface area contributed by atoms with Crippen molar-refractivity contribution in [3.05, 3.63) is 0 Å². The summed E-state index contributed by atoms with van der Waals surface area (Å²) in [6, 6.07) is 0. The first-order valence-electron chi connectivity index (χ1n) is 3.69. The van der Waals surface area contributed by atoms with Gasteiger partial charge in [0.05, 0.1) is 5.38 Å². The van der Waals surface area contributed by atoms with Crippen molar-refractivity contribution in [1.82, 2.24) is 0 Å². The summed E-state index contributed by atoms with van der Waals surface area (Å²) in [6.07, 6.45) is 0. The maximum Gasteiger partial charge on any atom is 0.0682 e. The van der Waals surface area contributed by atoms with E-state index in [-0.39, 0.29) is 5.38 Å². The molecule has 0 aromatic rings. The SMILES string of the molecule is CC(=NCC(C)C)C(C)Cl. The quantitative estimate of drug-likeness (QED) is 0.446. The Hall–Kier alpha value is -0.0400. The van der Waals surface area contributed by atoms with Crippen molar-refractivity contribution in [3.63, 3.8) is 0 Å². The van der Waals surface area contributed by atoms with E-state index in [1.807, 2.05) is 13.8 Å². The topological polar surface area (TPSA) is 12.4 Å². The minimum absolute atomic E-state index is 0.0822. The van der Waals surface area contributed by atoms with Crippen LogP contribution in [0.15, 0.2) is 4.99 Å². The molecular formula is C8H16ClN. The number of rotatable bonds is 3. The Morgan fingerprint density at radius 1 is 1.40 bits per heavy atom. The third kappa shape index (κ3) is 4.80. The molecule has 0 aliphatic heterocycles. The fraction of sp³-hybridized carbons (Fsp3) is 0.875. The Kier molecular flexibility index (Phi) is 4.71. The van der Waals surface area contributed by atoms with Gasteiger partial charge in [0.15, 0.2) is 0 Å². The lowest BCUT2D eigenvalue weighted by molar-refractivity contribution is 0.664. The van der Waals surface area contributed by atoms with Gasteiger partial charge in [0.25, 0.3) is 0 Å². The molecule has 0 rings (SSSR count). The Labute approximate surface area is 68.5 Å². The van der Waals surface area contributed by atoms with Gasteiger partial charge in [0.1, 0.15) is 0 Å². The summed E-state index contributed by atoms with van der Waals surface area (Å²) in [6.45, 7) is 9.11. The van der Waals surface area contributed by atoms with Crippen molar-refractivity contribution < 1.29 is 0 Å². The van der Waals surface area contributed by atoms with Gasteiger partial charge in [-0.15, -0.1) is 11.6 Å². The molecule has 0 heterocycles. The standard InChI is InChI=1S/C8H16ClN/c1-6(2)5-10-8(4)7(3)9/h6-7H,5H2,1-4H3. The normalized spacial score (nSPS) is 16.0. The van der Waals surface area contributed by atoms with Gasteiger partial charge in [-0.1, -0.05) is 13.8 Å². The van der Waals surface area contributed by atoms with Crippen LogP contribution >= 0.6 is 11.6 Å². The molecule has 0 saturated heterocycles. The van der Waals surface area contributed by atoms with E-state index < -0.39 is 0 Å². The molecule has 1 nitrogen and oxygen atoms in total. The lowest BCUT2D eigenvalue weighted by Gasteiger charge is -2.03. The maximum atomic E-state index is 5.78. The molecule has 0 spiro atoms. The van der Waals surface area contributed by atoms with E-state index in [2.05, 4.69) is 18.8 Å². The Bertz CT molecular complexity index is 116. The molecule has 2 heteroatoms. The lowest BCUT2D eigenvalue weighted by Crippen LogP contribution is -2.07. The first-order chi connectivity index (χ1) is 4.54. The molecule has 0 radical (unpaired) electrons. The molecule has 0 amide bonds. The van der Waals surface area contributed by atoms with Gasteiger partial charge < -0.3 is 0 Å². The van der Waals surface area contributed by atoms with Crippen molar-refractivity contribution in [1.29, 1.82) is 0 Å². The summed E-state index contributed by atoms with van der Waals surface area (Å²) >= 11 is 5.78. The van der Waals surface area contributed by atoms with E-state index in [9.17, 15) is 0 Å². The highest BCUT2D eigenvalue weighted by molar-refractivity contribution is 6.31. The fourth-order valence-electron chi connectivity index (χ4n) is 0.452. The lowest BCUT2D eigenvalue weighted by atomic mass is 10.2. The van der Waals surface area contributed by atoms with Crippen LogP contribution in [-0.4, -0.2) is 17.6 Å². The minimum atomic E-state index is 0.0822. The number of alkyl halides is 1. The van der Waals surface area contributed by atoms with E-state index in [0.29, 0.717) is 5.92 Å². The highest BCUT2D eigenvalue weighted by atomic mass is 35.5. The third-order valence-corrected chi connectivity index (χ3v) is 1.60. The molecule has 0 saturated carbocycles. The second kappa shape index (κ2) is 4.73. The van der Waals surface area contributed by atoms with Crippen LogP contribution in [0.3, 0.4) is 0 Å². The largest absolute Gasteiger partial charge is 0.293 e. The zero-order chi connectivity index (χ0) is 8.15. The summed E-state index contributed by atoms with van der Waals surface area (Å²) in [5.74, 6) is 0.630. The van der Waals surface area contributed by atoms with E-state index >= 15 is 0 Å². The average molecular weight is 162 g/mol. The van der Waals surface area contributed by atoms with Gasteiger partial charge in [-0.3, -0.25) is 4.99 Å². The summed E-state index contributed by atoms with van der Waals surface area (Å²) in [4.78, 5) is 4.31. The van der Waals surface area contributed by atoms with Gasteiger partial charge in [-0.2, -0.15) is 0 Å². The van der Waals surface area contributed by atoms with Crippen LogP contribution < -0.4 is 0 Å². The highest BCUT2D eigenvalue weighted by Crippen LogP contribution is 1.99. The van der Waals surface area contributed by atoms with Crippen LogP contribution in [0.5, 0.6) is 0 Å². The molecule has 1 atom stereocenters. The van der Waals surface area contributed by atoms with Crippen molar-refractivity contribution in [2.45, 2.75) is 33.1 Å². The number of hydrogen-bond acceptors (Lipinski definition) is 1. The summed E-state index contributed by atoms with van der Waals surface area (Å²) < 4.78 is 0. The summed E-state index contributed by atoms with van der Waals surface area (Å²) in [5, 5.41) is 0.0822. The molecular weight excluding hydrogens is 146 g/mol. The van der Waals surface area contributed by atoms with E-state index in [1.165, 1.54) is 0 Å². The van der Waals surface area contributed by atoms with Gasteiger partial charge in [-0.05, 0) is 19.8 Å². The molecule has 0 aliphatic rings. The average Bonchev–Trinajstić information content (AvgIpc) is 1.82. The zero-order valence-electron chi connectivity index (χ0n) is 7.19. The van der Waals surface area contributed by atoms with Crippen LogP contribution in [0.2, 0.25) is 0 Å². The maximum absolute atomic E-state index is 5.78. The summed E-state index contributed by atoms with van der Waals surface area (Å²) in [5.41, 5.74) is 1.04. The smallest absolute Gasteiger partial charge is 0.0682 e. The molecule has 60 valence electrons. The first kappa shape index (κ1) is 9.96. The molecule has 0 aromatic carbocycles. The number of hydrogen-bond donors (Lipinski definition) is 0. The van der Waals surface area contributed by atoms with Crippen molar-refractivity contribution in [2.24, 2.45) is 10.9 Å². The van der Waals surface area contributed by atoms with Crippen molar-refractivity contribution >= 4 is 17.3 Å². The molecule has 0 aliphatic carbocycles. The Morgan fingerprint density at radius 3 is 2.20 bits per heavy atom. The molecule has 0 aromatic heterocycles. The minimum Gasteiger partial charge on any atom is -0.293 e. The van der Waals surface area contributed by atoms with E-state index in [4.69, 9.17) is 11.6 Å². The van der Waals surface area contributed by atoms with Gasteiger partial charge in [0.2, 0.25) is 0 Å². The van der Waals surface area contributed by atoms with E-state index in [1.54, 1.807) is 0 Å². The molecule has 1 unspecified atom stereocenters. The fourth-order valence-corrected chi connectivity index (χ4v) is 0.521. The Morgan fingerprint density at radius 2 is 1.90 bits per heavy atom. The highest BCUT2D eigenvalue weighted by Gasteiger charge is 1.99. The second-order valence-corrected chi connectivity index (χ2v) is 3.65. The molecule has 0 N–H and O–H groups in total. The van der Waals surface area contributed by atoms with Crippen LogP contribution in [0.4, 0.5) is 0 Å². The van der Waals surface area contributed by atoms with E-state index in [0.717, 1.165) is 12.3 Å². The predicted octanol–water partition coefficient (Wildman–Crippen LogP) is 2.73. The number of nitrogens with zero attached hydrogens (tertiary/aromatic N) is 1. The Balaban J connectivity index is 3.69. The molecule has 0 bridgehead atoms. The number of halogens is 1. The molecule has 0 fully saturated rings. The van der Waals surface area contributed by atoms with Gasteiger partial charge >= 0.3 is 0 Å². The van der Waals surface area contributed by atoms with Crippen LogP contribution in [0.1, 0.15) is 27.7 Å². The second-order valence-electron chi connectivity index (χ2n) is 2.99. The first-order valence-corrected chi connectivity index (χ1v) is 4.12. The van der Waals surface area contributed by atoms with Crippen LogP contribution in [0.25, 0.3) is 0 Å². The summed E-state index contributed by atoms with van der Waals surface area (Å²) in [7, 11) is 0. The third-order valence-electron chi connectivity index (χ3n) is 1.28. The van der Waals surface area contributed by atoms with Crippen LogP contribution in [0, 0.1) is 5.92 Å². The van der Waals surface area contributed by atoms with Crippen LogP contribution in [-0.2, 0) is 0 Å².